The molecule has 0 aliphatic heterocycles. The summed E-state index contributed by atoms with van der Waals surface area (Å²) in [5.74, 6) is -0.0277. The molecule has 0 amide bonds. The molecule has 0 aliphatic rings. The lowest BCUT2D eigenvalue weighted by molar-refractivity contribution is 0.392. The highest BCUT2D eigenvalue weighted by Gasteiger charge is 2.23. The van der Waals surface area contributed by atoms with Crippen LogP contribution >= 0.6 is 0 Å². The molecule has 5 heteroatoms. The van der Waals surface area contributed by atoms with Crippen molar-refractivity contribution in [3.05, 3.63) is 35.9 Å². The summed E-state index contributed by atoms with van der Waals surface area (Å²) < 4.78 is 25.3. The van der Waals surface area contributed by atoms with Crippen molar-refractivity contribution in [1.29, 1.82) is 5.26 Å². The summed E-state index contributed by atoms with van der Waals surface area (Å²) in [7, 11) is -1.84. The largest absolute Gasteiger partial charge is 0.218 e. The van der Waals surface area contributed by atoms with Crippen LogP contribution in [0.5, 0.6) is 0 Å². The topological polar surface area (TPSA) is 61.2 Å². The van der Waals surface area contributed by atoms with Crippen molar-refractivity contribution in [2.75, 3.05) is 7.05 Å². The van der Waals surface area contributed by atoms with Gasteiger partial charge in [-0.25, -0.2) is 12.7 Å². The van der Waals surface area contributed by atoms with Gasteiger partial charge in [-0.3, -0.25) is 0 Å². The lowest BCUT2D eigenvalue weighted by Crippen LogP contribution is -2.35. The zero-order chi connectivity index (χ0) is 12.9. The molecule has 92 valence electrons. The molecule has 0 spiro atoms. The third-order valence-electron chi connectivity index (χ3n) is 2.64. The maximum Gasteiger partial charge on any atom is 0.218 e. The van der Waals surface area contributed by atoms with E-state index >= 15 is 0 Å². The van der Waals surface area contributed by atoms with Gasteiger partial charge in [-0.15, -0.1) is 0 Å². The van der Waals surface area contributed by atoms with Crippen LogP contribution in [0.1, 0.15) is 18.9 Å². The van der Waals surface area contributed by atoms with Crippen LogP contribution in [-0.2, 0) is 15.8 Å². The van der Waals surface area contributed by atoms with E-state index in [-0.39, 0.29) is 18.2 Å². The molecule has 0 aliphatic carbocycles. The smallest absolute Gasteiger partial charge is 0.212 e. The summed E-state index contributed by atoms with van der Waals surface area (Å²) in [6.45, 7) is 1.73. The van der Waals surface area contributed by atoms with E-state index in [0.717, 1.165) is 5.56 Å². The highest BCUT2D eigenvalue weighted by Crippen LogP contribution is 2.13. The van der Waals surface area contributed by atoms with Crippen LogP contribution in [0.2, 0.25) is 0 Å². The molecule has 0 N–H and O–H groups in total. The first kappa shape index (κ1) is 13.7. The Morgan fingerprint density at radius 3 is 2.47 bits per heavy atom. The van der Waals surface area contributed by atoms with Gasteiger partial charge in [0.1, 0.15) is 0 Å². The quantitative estimate of drug-likeness (QED) is 0.802. The molecule has 0 fully saturated rings. The highest BCUT2D eigenvalue weighted by molar-refractivity contribution is 7.88. The summed E-state index contributed by atoms with van der Waals surface area (Å²) in [5, 5.41) is 8.57. The first-order valence-corrected chi connectivity index (χ1v) is 6.95. The van der Waals surface area contributed by atoms with Crippen molar-refractivity contribution >= 4 is 10.0 Å². The predicted molar refractivity (Wildman–Crippen MR) is 66.5 cm³/mol. The normalized spacial score (nSPS) is 13.3. The molecule has 1 atom stereocenters. The molecule has 0 radical (unpaired) electrons. The third kappa shape index (κ3) is 3.84. The Balaban J connectivity index is 2.79. The third-order valence-corrected chi connectivity index (χ3v) is 4.57. The molecule has 0 bridgehead atoms. The van der Waals surface area contributed by atoms with Gasteiger partial charge < -0.3 is 0 Å². The fourth-order valence-corrected chi connectivity index (χ4v) is 2.86. The molecular weight excluding hydrogens is 236 g/mol. The number of sulfonamides is 1. The maximum atomic E-state index is 12.0. The minimum Gasteiger partial charge on any atom is -0.212 e. The number of hydrogen-bond donors (Lipinski definition) is 0. The van der Waals surface area contributed by atoms with Gasteiger partial charge >= 0.3 is 0 Å². The van der Waals surface area contributed by atoms with E-state index in [2.05, 4.69) is 0 Å². The molecule has 4 nitrogen and oxygen atoms in total. The Hall–Kier alpha value is -1.38. The van der Waals surface area contributed by atoms with Gasteiger partial charge in [-0.2, -0.15) is 5.26 Å². The Labute approximate surface area is 103 Å². The number of hydrogen-bond acceptors (Lipinski definition) is 3. The number of nitriles is 1. The van der Waals surface area contributed by atoms with Crippen molar-refractivity contribution in [2.24, 2.45) is 0 Å². The summed E-state index contributed by atoms with van der Waals surface area (Å²) in [5.41, 5.74) is 0.753. The van der Waals surface area contributed by atoms with Crippen molar-refractivity contribution in [3.63, 3.8) is 0 Å². The number of nitrogens with zero attached hydrogens (tertiary/aromatic N) is 2. The van der Waals surface area contributed by atoms with Crippen LogP contribution in [0.4, 0.5) is 0 Å². The molecule has 0 saturated carbocycles. The van der Waals surface area contributed by atoms with E-state index < -0.39 is 10.0 Å². The van der Waals surface area contributed by atoms with Crippen molar-refractivity contribution < 1.29 is 8.42 Å². The Morgan fingerprint density at radius 1 is 1.35 bits per heavy atom. The van der Waals surface area contributed by atoms with Crippen molar-refractivity contribution in [3.8, 4) is 6.07 Å². The van der Waals surface area contributed by atoms with Gasteiger partial charge in [0.15, 0.2) is 0 Å². The molecule has 1 aromatic carbocycles. The van der Waals surface area contributed by atoms with Crippen LogP contribution in [0.15, 0.2) is 30.3 Å². The van der Waals surface area contributed by atoms with Crippen LogP contribution < -0.4 is 0 Å². The van der Waals surface area contributed by atoms with Crippen LogP contribution in [0, 0.1) is 11.3 Å². The molecule has 0 saturated heterocycles. The molecule has 0 heterocycles. The minimum atomic E-state index is -3.35. The maximum absolute atomic E-state index is 12.0. The average Bonchev–Trinajstić information content (AvgIpc) is 2.29. The van der Waals surface area contributed by atoms with E-state index in [1.165, 1.54) is 11.4 Å². The van der Waals surface area contributed by atoms with Crippen LogP contribution in [-0.4, -0.2) is 25.8 Å². The number of rotatable bonds is 5. The van der Waals surface area contributed by atoms with E-state index in [1.54, 1.807) is 19.1 Å². The second-order valence-electron chi connectivity index (χ2n) is 3.97. The van der Waals surface area contributed by atoms with Crippen LogP contribution in [0.3, 0.4) is 0 Å². The van der Waals surface area contributed by atoms with E-state index in [9.17, 15) is 8.42 Å². The van der Waals surface area contributed by atoms with Crippen molar-refractivity contribution in [1.82, 2.24) is 4.31 Å². The fourth-order valence-electron chi connectivity index (χ4n) is 1.42. The first-order valence-electron chi connectivity index (χ1n) is 5.34. The highest BCUT2D eigenvalue weighted by atomic mass is 32.2. The molecule has 1 rings (SSSR count). The predicted octanol–water partition coefficient (Wildman–Crippen LogP) is 1.75. The van der Waals surface area contributed by atoms with E-state index in [1.807, 2.05) is 24.3 Å². The Kier molecular flexibility index (Phi) is 4.67. The molecule has 0 aromatic heterocycles. The van der Waals surface area contributed by atoms with Gasteiger partial charge in [0.25, 0.3) is 0 Å². The number of benzene rings is 1. The molecular formula is C12H16N2O2S. The summed E-state index contributed by atoms with van der Waals surface area (Å²) in [4.78, 5) is 0. The van der Waals surface area contributed by atoms with Crippen molar-refractivity contribution in [2.45, 2.75) is 25.1 Å². The summed E-state index contributed by atoms with van der Waals surface area (Å²) in [6, 6.07) is 10.7. The second-order valence-corrected chi connectivity index (χ2v) is 6.00. The standard InChI is InChI=1S/C12H16N2O2S/c1-11(8-9-13)14(2)17(15,16)10-12-6-4-3-5-7-12/h3-7,11H,8,10H2,1-2H3. The zero-order valence-electron chi connectivity index (χ0n) is 10.00. The summed E-state index contributed by atoms with van der Waals surface area (Å²) in [6.07, 6.45) is 0.199. The lowest BCUT2D eigenvalue weighted by atomic mass is 10.2. The first-order chi connectivity index (χ1) is 7.97. The minimum absolute atomic E-state index is 0.0277. The van der Waals surface area contributed by atoms with E-state index in [0.29, 0.717) is 0 Å². The van der Waals surface area contributed by atoms with Gasteiger partial charge in [-0.1, -0.05) is 30.3 Å². The van der Waals surface area contributed by atoms with Gasteiger partial charge in [0.05, 0.1) is 18.2 Å². The lowest BCUT2D eigenvalue weighted by Gasteiger charge is -2.22. The van der Waals surface area contributed by atoms with Gasteiger partial charge in [0, 0.05) is 13.1 Å². The Morgan fingerprint density at radius 2 is 1.94 bits per heavy atom. The van der Waals surface area contributed by atoms with Gasteiger partial charge in [0.2, 0.25) is 10.0 Å². The SMILES string of the molecule is CC(CC#N)N(C)S(=O)(=O)Cc1ccccc1. The van der Waals surface area contributed by atoms with E-state index in [4.69, 9.17) is 5.26 Å². The average molecular weight is 252 g/mol. The monoisotopic (exact) mass is 252 g/mol. The molecule has 1 unspecified atom stereocenters. The Bertz CT molecular complexity index is 491. The molecule has 17 heavy (non-hydrogen) atoms. The fraction of sp³-hybridized carbons (Fsp3) is 0.417. The zero-order valence-corrected chi connectivity index (χ0v) is 10.8. The molecule has 1 aromatic rings. The van der Waals surface area contributed by atoms with Gasteiger partial charge in [-0.05, 0) is 12.5 Å². The second kappa shape index (κ2) is 5.80. The summed E-state index contributed by atoms with van der Waals surface area (Å²) >= 11 is 0. The van der Waals surface area contributed by atoms with Crippen LogP contribution in [0.25, 0.3) is 0 Å².